The fourth-order valence-electron chi connectivity index (χ4n) is 1.30. The third-order valence-electron chi connectivity index (χ3n) is 2.21. The number of hydrogen-bond donors (Lipinski definition) is 0. The summed E-state index contributed by atoms with van der Waals surface area (Å²) in [5, 5.41) is 8.31. The molecule has 0 aliphatic rings. The summed E-state index contributed by atoms with van der Waals surface area (Å²) in [4.78, 5) is 0. The number of benzene rings is 1. The molecule has 0 fully saturated rings. The molecular formula is C13H12F3N. The summed E-state index contributed by atoms with van der Waals surface area (Å²) in [5.74, 6) is 0. The van der Waals surface area contributed by atoms with Crippen LogP contribution in [0.3, 0.4) is 0 Å². The molecule has 0 heterocycles. The highest BCUT2D eigenvalue weighted by molar-refractivity contribution is 5.49. The zero-order chi connectivity index (χ0) is 12.7. The molecule has 0 N–H and O–H groups in total. The van der Waals surface area contributed by atoms with Crippen LogP contribution in [0.5, 0.6) is 0 Å². The molecule has 1 aromatic rings. The molecule has 0 aliphatic heterocycles. The van der Waals surface area contributed by atoms with E-state index in [1.807, 2.05) is 12.1 Å². The lowest BCUT2D eigenvalue weighted by atomic mass is 10.1. The molecule has 0 spiro atoms. The summed E-state index contributed by atoms with van der Waals surface area (Å²) in [6.07, 6.45) is 1.37. The van der Waals surface area contributed by atoms with Crippen LogP contribution in [0.4, 0.5) is 13.2 Å². The van der Waals surface area contributed by atoms with Gasteiger partial charge in [0.15, 0.2) is 0 Å². The number of unbranched alkanes of at least 4 members (excludes halogenated alkanes) is 2. The normalized spacial score (nSPS) is 11.6. The highest BCUT2D eigenvalue weighted by Crippen LogP contribution is 2.29. The first-order valence-electron chi connectivity index (χ1n) is 5.25. The van der Waals surface area contributed by atoms with Crippen molar-refractivity contribution in [1.29, 1.82) is 5.26 Å². The lowest BCUT2D eigenvalue weighted by molar-refractivity contribution is -0.137. The molecule has 1 nitrogen and oxygen atoms in total. The molecule has 0 saturated heterocycles. The molecule has 90 valence electrons. The number of nitriles is 1. The molecular weight excluding hydrogens is 227 g/mol. The lowest BCUT2D eigenvalue weighted by Gasteiger charge is -2.05. The molecule has 0 unspecified atom stereocenters. The number of allylic oxidation sites excluding steroid dienone is 1. The first-order valence-corrected chi connectivity index (χ1v) is 5.25. The van der Waals surface area contributed by atoms with Crippen LogP contribution in [0, 0.1) is 11.3 Å². The van der Waals surface area contributed by atoms with E-state index in [1.54, 1.807) is 6.08 Å². The van der Waals surface area contributed by atoms with E-state index in [2.05, 4.69) is 0 Å². The van der Waals surface area contributed by atoms with Crippen LogP contribution in [-0.2, 0) is 6.18 Å². The summed E-state index contributed by atoms with van der Waals surface area (Å²) in [6.45, 7) is 0. The van der Waals surface area contributed by atoms with Crippen molar-refractivity contribution in [3.05, 3.63) is 41.5 Å². The molecule has 0 amide bonds. The summed E-state index contributed by atoms with van der Waals surface area (Å²) in [7, 11) is 0. The predicted octanol–water partition coefficient (Wildman–Crippen LogP) is 4.41. The molecule has 1 aromatic carbocycles. The average molecular weight is 239 g/mol. The Kier molecular flexibility index (Phi) is 4.77. The van der Waals surface area contributed by atoms with Gasteiger partial charge in [0.1, 0.15) is 0 Å². The molecule has 0 bridgehead atoms. The van der Waals surface area contributed by atoms with E-state index in [4.69, 9.17) is 5.26 Å². The number of rotatable bonds is 4. The minimum Gasteiger partial charge on any atom is -0.198 e. The highest BCUT2D eigenvalue weighted by Gasteiger charge is 2.29. The van der Waals surface area contributed by atoms with Gasteiger partial charge < -0.3 is 0 Å². The van der Waals surface area contributed by atoms with Crippen LogP contribution in [0.1, 0.15) is 30.4 Å². The lowest BCUT2D eigenvalue weighted by Crippen LogP contribution is -2.03. The van der Waals surface area contributed by atoms with E-state index in [0.29, 0.717) is 6.42 Å². The van der Waals surface area contributed by atoms with Gasteiger partial charge in [0, 0.05) is 6.42 Å². The van der Waals surface area contributed by atoms with E-state index < -0.39 is 11.7 Å². The Bertz CT molecular complexity index is 410. The third-order valence-corrected chi connectivity index (χ3v) is 2.21. The molecule has 17 heavy (non-hydrogen) atoms. The fraction of sp³-hybridized carbons (Fsp3) is 0.308. The van der Waals surface area contributed by atoms with Crippen molar-refractivity contribution < 1.29 is 13.2 Å². The van der Waals surface area contributed by atoms with Crippen molar-refractivity contribution in [3.63, 3.8) is 0 Å². The summed E-state index contributed by atoms with van der Waals surface area (Å²) < 4.78 is 36.8. The van der Waals surface area contributed by atoms with Crippen molar-refractivity contribution in [1.82, 2.24) is 0 Å². The monoisotopic (exact) mass is 239 g/mol. The quantitative estimate of drug-likeness (QED) is 0.714. The molecule has 0 radical (unpaired) electrons. The maximum absolute atomic E-state index is 12.3. The van der Waals surface area contributed by atoms with Gasteiger partial charge in [-0.05, 0) is 30.5 Å². The van der Waals surface area contributed by atoms with E-state index >= 15 is 0 Å². The van der Waals surface area contributed by atoms with Crippen LogP contribution >= 0.6 is 0 Å². The first kappa shape index (κ1) is 13.3. The molecule has 1 rings (SSSR count). The highest BCUT2D eigenvalue weighted by atomic mass is 19.4. The number of hydrogen-bond acceptors (Lipinski definition) is 1. The Balaban J connectivity index is 2.54. The van der Waals surface area contributed by atoms with Crippen molar-refractivity contribution in [2.75, 3.05) is 0 Å². The molecule has 0 atom stereocenters. The van der Waals surface area contributed by atoms with Crippen molar-refractivity contribution in [2.24, 2.45) is 0 Å². The number of nitrogens with zero attached hydrogens (tertiary/aromatic N) is 1. The van der Waals surface area contributed by atoms with Gasteiger partial charge in [-0.25, -0.2) is 0 Å². The van der Waals surface area contributed by atoms with E-state index in [1.165, 1.54) is 12.1 Å². The number of halogens is 3. The predicted molar refractivity (Wildman–Crippen MR) is 59.9 cm³/mol. The van der Waals surface area contributed by atoms with Crippen molar-refractivity contribution in [2.45, 2.75) is 25.4 Å². The van der Waals surface area contributed by atoms with Gasteiger partial charge in [0.25, 0.3) is 0 Å². The Morgan fingerprint density at radius 1 is 1.18 bits per heavy atom. The Morgan fingerprint density at radius 3 is 2.35 bits per heavy atom. The average Bonchev–Trinajstić information content (AvgIpc) is 2.28. The van der Waals surface area contributed by atoms with Crippen LogP contribution in [0.2, 0.25) is 0 Å². The Morgan fingerprint density at radius 2 is 1.82 bits per heavy atom. The van der Waals surface area contributed by atoms with Gasteiger partial charge in [-0.15, -0.1) is 0 Å². The van der Waals surface area contributed by atoms with E-state index in [-0.39, 0.29) is 0 Å². The van der Waals surface area contributed by atoms with Crippen LogP contribution in [0.25, 0.3) is 6.08 Å². The van der Waals surface area contributed by atoms with Gasteiger partial charge in [0.2, 0.25) is 0 Å². The van der Waals surface area contributed by atoms with Gasteiger partial charge in [0.05, 0.1) is 11.6 Å². The van der Waals surface area contributed by atoms with Crippen molar-refractivity contribution in [3.8, 4) is 6.07 Å². The zero-order valence-corrected chi connectivity index (χ0v) is 9.17. The Labute approximate surface area is 98.2 Å². The fourth-order valence-corrected chi connectivity index (χ4v) is 1.30. The zero-order valence-electron chi connectivity index (χ0n) is 9.17. The summed E-state index contributed by atoms with van der Waals surface area (Å²) in [5.41, 5.74) is 0.0917. The third kappa shape index (κ3) is 4.73. The second-order valence-corrected chi connectivity index (χ2v) is 3.57. The minimum absolute atomic E-state index is 0.497. The van der Waals surface area contributed by atoms with Gasteiger partial charge in [-0.2, -0.15) is 18.4 Å². The summed E-state index contributed by atoms with van der Waals surface area (Å²) in [6, 6.07) is 7.03. The molecule has 0 saturated carbocycles. The van der Waals surface area contributed by atoms with Gasteiger partial charge >= 0.3 is 6.18 Å². The largest absolute Gasteiger partial charge is 0.416 e. The second-order valence-electron chi connectivity index (χ2n) is 3.57. The van der Waals surface area contributed by atoms with Gasteiger partial charge in [-0.1, -0.05) is 24.3 Å². The van der Waals surface area contributed by atoms with Crippen molar-refractivity contribution >= 4 is 6.08 Å². The summed E-state index contributed by atoms with van der Waals surface area (Å²) >= 11 is 0. The topological polar surface area (TPSA) is 23.8 Å². The standard InChI is InChI=1S/C13H12F3N/c14-13(15,16)12-8-6-11(7-9-12)5-3-1-2-4-10-17/h3,5-9H,1-2,4H2/b5-3+. The molecule has 0 aromatic heterocycles. The van der Waals surface area contributed by atoms with Crippen LogP contribution in [-0.4, -0.2) is 0 Å². The van der Waals surface area contributed by atoms with Crippen LogP contribution in [0.15, 0.2) is 30.3 Å². The van der Waals surface area contributed by atoms with E-state index in [9.17, 15) is 13.2 Å². The molecule has 4 heteroatoms. The minimum atomic E-state index is -4.28. The number of alkyl halides is 3. The SMILES string of the molecule is N#CCCC/C=C/c1ccc(C(F)(F)F)cc1. The Hall–Kier alpha value is -1.76. The smallest absolute Gasteiger partial charge is 0.198 e. The maximum atomic E-state index is 12.3. The first-order chi connectivity index (χ1) is 8.04. The second kappa shape index (κ2) is 6.09. The maximum Gasteiger partial charge on any atom is 0.416 e. The van der Waals surface area contributed by atoms with E-state index in [0.717, 1.165) is 30.5 Å². The van der Waals surface area contributed by atoms with Gasteiger partial charge in [-0.3, -0.25) is 0 Å². The molecule has 0 aliphatic carbocycles. The van der Waals surface area contributed by atoms with Crippen LogP contribution < -0.4 is 0 Å².